The molecule has 1 amide bonds. The molecule has 1 aliphatic heterocycles. The third-order valence-corrected chi connectivity index (χ3v) is 3.79. The average molecular weight is 310 g/mol. The highest BCUT2D eigenvalue weighted by molar-refractivity contribution is 6.30. The molecule has 1 aromatic carbocycles. The van der Waals surface area contributed by atoms with Crippen LogP contribution in [0.3, 0.4) is 0 Å². The third kappa shape index (κ3) is 3.67. The molecule has 2 aliphatic rings. The molecule has 3 rings (SSSR count). The lowest BCUT2D eigenvalue weighted by Crippen LogP contribution is -2.34. The van der Waals surface area contributed by atoms with Crippen molar-refractivity contribution in [2.24, 2.45) is 5.92 Å². The summed E-state index contributed by atoms with van der Waals surface area (Å²) in [4.78, 5) is 23.5. The summed E-state index contributed by atoms with van der Waals surface area (Å²) in [6, 6.07) is 5.60. The highest BCUT2D eigenvalue weighted by atomic mass is 35.5. The van der Waals surface area contributed by atoms with Gasteiger partial charge in [-0.15, -0.1) is 0 Å². The minimum atomic E-state index is -0.411. The van der Waals surface area contributed by atoms with Crippen LogP contribution in [0.1, 0.15) is 18.4 Å². The average Bonchev–Trinajstić information content (AvgIpc) is 3.27. The molecule has 0 bridgehead atoms. The molecule has 21 heavy (non-hydrogen) atoms. The zero-order valence-corrected chi connectivity index (χ0v) is 12.2. The fraction of sp³-hybridized carbons (Fsp3) is 0.467. The molecule has 112 valence electrons. The molecule has 1 heterocycles. The molecule has 0 radical (unpaired) electrons. The number of esters is 1. The van der Waals surface area contributed by atoms with E-state index in [1.54, 1.807) is 18.2 Å². The zero-order chi connectivity index (χ0) is 14.8. The maximum Gasteiger partial charge on any atom is 0.313 e. The minimum absolute atomic E-state index is 0.228. The maximum atomic E-state index is 12.0. The maximum absolute atomic E-state index is 12.0. The lowest BCUT2D eigenvalue weighted by atomic mass is 9.97. The van der Waals surface area contributed by atoms with Gasteiger partial charge in [-0.2, -0.15) is 0 Å². The Kier molecular flexibility index (Phi) is 4.01. The van der Waals surface area contributed by atoms with E-state index in [0.717, 1.165) is 24.2 Å². The minimum Gasteiger partial charge on any atom is -0.492 e. The van der Waals surface area contributed by atoms with Crippen molar-refractivity contribution < 1.29 is 19.1 Å². The molecule has 0 spiro atoms. The van der Waals surface area contributed by atoms with Crippen LogP contribution in [0, 0.1) is 5.92 Å². The first-order chi connectivity index (χ1) is 10.1. The Morgan fingerprint density at radius 3 is 2.95 bits per heavy atom. The smallest absolute Gasteiger partial charge is 0.313 e. The van der Waals surface area contributed by atoms with E-state index in [2.05, 4.69) is 5.32 Å². The van der Waals surface area contributed by atoms with Gasteiger partial charge in [-0.25, -0.2) is 0 Å². The molecule has 6 heteroatoms. The van der Waals surface area contributed by atoms with E-state index in [1.807, 2.05) is 0 Å². The summed E-state index contributed by atoms with van der Waals surface area (Å²) < 4.78 is 10.6. The summed E-state index contributed by atoms with van der Waals surface area (Å²) in [6.07, 6.45) is 2.53. The third-order valence-electron chi connectivity index (χ3n) is 3.55. The normalized spacial score (nSPS) is 20.1. The molecule has 1 aromatic rings. The van der Waals surface area contributed by atoms with Gasteiger partial charge in [-0.3, -0.25) is 9.59 Å². The highest BCUT2D eigenvalue weighted by Crippen LogP contribution is 2.30. The monoisotopic (exact) mass is 309 g/mol. The first kappa shape index (κ1) is 14.2. The molecular formula is C15H16ClNO4. The van der Waals surface area contributed by atoms with Crippen molar-refractivity contribution in [1.82, 2.24) is 5.32 Å². The number of amides is 1. The molecule has 1 saturated carbocycles. The largest absolute Gasteiger partial charge is 0.492 e. The molecule has 1 N–H and O–H groups in total. The standard InChI is InChI=1S/C15H16ClNO4/c16-11-1-4-13-9(6-11)5-10(7-20-13)15(19)21-8-14(18)17-12-2-3-12/h1,4,6,10,12H,2-3,5,7-8H2,(H,17,18)/t10-/m0/s1. The number of benzene rings is 1. The van der Waals surface area contributed by atoms with Crippen molar-refractivity contribution in [1.29, 1.82) is 0 Å². The van der Waals surface area contributed by atoms with Crippen LogP contribution in [-0.2, 0) is 20.7 Å². The summed E-state index contributed by atoms with van der Waals surface area (Å²) in [5, 5.41) is 3.38. The van der Waals surface area contributed by atoms with Crippen molar-refractivity contribution in [3.8, 4) is 5.75 Å². The van der Waals surface area contributed by atoms with E-state index in [-0.39, 0.29) is 25.2 Å². The molecule has 0 saturated heterocycles. The van der Waals surface area contributed by atoms with E-state index >= 15 is 0 Å². The van der Waals surface area contributed by atoms with Gasteiger partial charge in [0.25, 0.3) is 5.91 Å². The van der Waals surface area contributed by atoms with Gasteiger partial charge >= 0.3 is 5.97 Å². The van der Waals surface area contributed by atoms with Gasteiger partial charge in [-0.05, 0) is 43.0 Å². The van der Waals surface area contributed by atoms with Gasteiger partial charge in [-0.1, -0.05) is 11.6 Å². The fourth-order valence-corrected chi connectivity index (χ4v) is 2.46. The van der Waals surface area contributed by atoms with Crippen LogP contribution >= 0.6 is 11.6 Å². The zero-order valence-electron chi connectivity index (χ0n) is 11.4. The molecule has 0 unspecified atom stereocenters. The predicted octanol–water partition coefficient (Wildman–Crippen LogP) is 1.71. The van der Waals surface area contributed by atoms with E-state index < -0.39 is 11.9 Å². The molecular weight excluding hydrogens is 294 g/mol. The summed E-state index contributed by atoms with van der Waals surface area (Å²) >= 11 is 5.94. The van der Waals surface area contributed by atoms with E-state index in [0.29, 0.717) is 11.4 Å². The van der Waals surface area contributed by atoms with Crippen LogP contribution in [0.4, 0.5) is 0 Å². The highest BCUT2D eigenvalue weighted by Gasteiger charge is 2.29. The number of carbonyl (C=O) groups excluding carboxylic acids is 2. The van der Waals surface area contributed by atoms with Crippen molar-refractivity contribution in [2.45, 2.75) is 25.3 Å². The first-order valence-electron chi connectivity index (χ1n) is 6.99. The number of rotatable bonds is 4. The van der Waals surface area contributed by atoms with E-state index in [4.69, 9.17) is 21.1 Å². The van der Waals surface area contributed by atoms with Crippen molar-refractivity contribution in [2.75, 3.05) is 13.2 Å². The Morgan fingerprint density at radius 2 is 2.19 bits per heavy atom. The Labute approximate surface area is 127 Å². The topological polar surface area (TPSA) is 64.6 Å². The summed E-state index contributed by atoms with van der Waals surface area (Å²) in [5.74, 6) is -0.308. The Morgan fingerprint density at radius 1 is 1.38 bits per heavy atom. The summed E-state index contributed by atoms with van der Waals surface area (Å²) in [7, 11) is 0. The van der Waals surface area contributed by atoms with E-state index in [1.165, 1.54) is 0 Å². The first-order valence-corrected chi connectivity index (χ1v) is 7.37. The van der Waals surface area contributed by atoms with Crippen LogP contribution in [0.2, 0.25) is 5.02 Å². The number of fused-ring (bicyclic) bond motifs is 1. The molecule has 1 atom stereocenters. The summed E-state index contributed by atoms with van der Waals surface area (Å²) in [5.41, 5.74) is 0.887. The van der Waals surface area contributed by atoms with Crippen LogP contribution in [0.15, 0.2) is 18.2 Å². The van der Waals surface area contributed by atoms with Crippen LogP contribution in [0.25, 0.3) is 0 Å². The van der Waals surface area contributed by atoms with Crippen molar-refractivity contribution in [3.05, 3.63) is 28.8 Å². The lowest BCUT2D eigenvalue weighted by molar-refractivity contribution is -0.153. The second-order valence-electron chi connectivity index (χ2n) is 5.41. The Hall–Kier alpha value is -1.75. The second kappa shape index (κ2) is 5.93. The van der Waals surface area contributed by atoms with Gasteiger partial charge in [0.15, 0.2) is 6.61 Å². The van der Waals surface area contributed by atoms with Gasteiger partial charge in [0.05, 0.1) is 5.92 Å². The summed E-state index contributed by atoms with van der Waals surface area (Å²) in [6.45, 7) is 0.0337. The number of ether oxygens (including phenoxy) is 2. The van der Waals surface area contributed by atoms with Gasteiger partial charge < -0.3 is 14.8 Å². The van der Waals surface area contributed by atoms with Gasteiger partial charge in [0.1, 0.15) is 12.4 Å². The lowest BCUT2D eigenvalue weighted by Gasteiger charge is -2.24. The SMILES string of the molecule is O=C(COC(=O)[C@@H]1COc2ccc(Cl)cc2C1)NC1CC1. The number of hydrogen-bond donors (Lipinski definition) is 1. The quantitative estimate of drug-likeness (QED) is 0.860. The molecule has 1 fully saturated rings. The van der Waals surface area contributed by atoms with Gasteiger partial charge in [0.2, 0.25) is 0 Å². The van der Waals surface area contributed by atoms with E-state index in [9.17, 15) is 9.59 Å². The Bertz CT molecular complexity index is 571. The van der Waals surface area contributed by atoms with Crippen LogP contribution < -0.4 is 10.1 Å². The second-order valence-corrected chi connectivity index (χ2v) is 5.85. The van der Waals surface area contributed by atoms with Crippen LogP contribution in [0.5, 0.6) is 5.75 Å². The number of hydrogen-bond acceptors (Lipinski definition) is 4. The molecule has 5 nitrogen and oxygen atoms in total. The molecule has 1 aliphatic carbocycles. The number of nitrogens with one attached hydrogen (secondary N) is 1. The molecule has 0 aromatic heterocycles. The van der Waals surface area contributed by atoms with Crippen molar-refractivity contribution in [3.63, 3.8) is 0 Å². The van der Waals surface area contributed by atoms with Gasteiger partial charge in [0, 0.05) is 11.1 Å². The van der Waals surface area contributed by atoms with Crippen LogP contribution in [-0.4, -0.2) is 31.1 Å². The van der Waals surface area contributed by atoms with Crippen molar-refractivity contribution >= 4 is 23.5 Å². The fourth-order valence-electron chi connectivity index (χ4n) is 2.27. The Balaban J connectivity index is 1.52. The predicted molar refractivity (Wildman–Crippen MR) is 76.3 cm³/mol. The number of halogens is 1. The number of carbonyl (C=O) groups is 2.